The third-order valence-electron chi connectivity index (χ3n) is 6.29. The van der Waals surface area contributed by atoms with Crippen LogP contribution < -0.4 is 5.32 Å². The van der Waals surface area contributed by atoms with Crippen molar-refractivity contribution in [2.45, 2.75) is 26.2 Å². The lowest BCUT2D eigenvalue weighted by molar-refractivity contribution is -0.116. The Hall–Kier alpha value is -4.51. The van der Waals surface area contributed by atoms with Gasteiger partial charge in [-0.25, -0.2) is 14.4 Å². The Bertz CT molecular complexity index is 1790. The number of nitrogens with one attached hydrogen (secondary N) is 2. The van der Waals surface area contributed by atoms with Crippen molar-refractivity contribution in [3.63, 3.8) is 0 Å². The number of aromatic nitrogens is 7. The standard InChI is InChI=1S/C27H23FN8OS/c1-3-4-7-20(37)32-16-11-15(12-29-13-16)23-22(28)21-18(14-31-23)36(2)35-25(21)27-33-24-17(19-6-5-10-38-19)8-9-30-26(24)34-27/h5-6,8-14H,3-4,7H2,1-2H3,(H,32,37)(H,30,33,34). The first kappa shape index (κ1) is 23.9. The minimum absolute atomic E-state index is 0.107. The summed E-state index contributed by atoms with van der Waals surface area (Å²) in [6, 6.07) is 7.61. The first-order chi connectivity index (χ1) is 18.5. The van der Waals surface area contributed by atoms with Crippen molar-refractivity contribution in [3.05, 3.63) is 60.3 Å². The van der Waals surface area contributed by atoms with Crippen LogP contribution in [0.1, 0.15) is 26.2 Å². The molecule has 0 aromatic carbocycles. The predicted molar refractivity (Wildman–Crippen MR) is 146 cm³/mol. The molecule has 38 heavy (non-hydrogen) atoms. The summed E-state index contributed by atoms with van der Waals surface area (Å²) in [5.74, 6) is -0.244. The van der Waals surface area contributed by atoms with E-state index in [1.807, 2.05) is 30.5 Å². The number of halogens is 1. The molecule has 0 radical (unpaired) electrons. The van der Waals surface area contributed by atoms with Gasteiger partial charge in [-0.2, -0.15) is 5.10 Å². The van der Waals surface area contributed by atoms with E-state index >= 15 is 4.39 Å². The molecule has 0 unspecified atom stereocenters. The van der Waals surface area contributed by atoms with E-state index in [4.69, 9.17) is 0 Å². The maximum Gasteiger partial charge on any atom is 0.224 e. The Kier molecular flexibility index (Phi) is 6.12. The number of anilines is 1. The predicted octanol–water partition coefficient (Wildman–Crippen LogP) is 5.96. The molecular formula is C27H23FN8OS. The van der Waals surface area contributed by atoms with Crippen LogP contribution in [-0.4, -0.2) is 40.6 Å². The van der Waals surface area contributed by atoms with Gasteiger partial charge in [-0.1, -0.05) is 19.4 Å². The molecule has 0 fully saturated rings. The molecule has 0 bridgehead atoms. The molecule has 0 saturated carbocycles. The third kappa shape index (κ3) is 4.20. The number of nitrogens with zero attached hydrogens (tertiary/aromatic N) is 6. The van der Waals surface area contributed by atoms with Crippen LogP contribution in [0.3, 0.4) is 0 Å². The zero-order valence-corrected chi connectivity index (χ0v) is 21.5. The first-order valence-corrected chi connectivity index (χ1v) is 13.1. The molecule has 6 rings (SSSR count). The molecule has 2 N–H and O–H groups in total. The molecule has 0 aliphatic heterocycles. The number of fused-ring (bicyclic) bond motifs is 2. The molecule has 11 heteroatoms. The van der Waals surface area contributed by atoms with Crippen molar-refractivity contribution in [1.29, 1.82) is 0 Å². The molecule has 9 nitrogen and oxygen atoms in total. The lowest BCUT2D eigenvalue weighted by Crippen LogP contribution is -2.11. The van der Waals surface area contributed by atoms with Gasteiger partial charge < -0.3 is 10.3 Å². The van der Waals surface area contributed by atoms with Crippen molar-refractivity contribution in [1.82, 2.24) is 34.7 Å². The fourth-order valence-corrected chi connectivity index (χ4v) is 5.19. The molecule has 0 aliphatic carbocycles. The summed E-state index contributed by atoms with van der Waals surface area (Å²) in [6.45, 7) is 2.03. The number of carbonyl (C=O) groups is 1. The average Bonchev–Trinajstić information content (AvgIpc) is 3.67. The van der Waals surface area contributed by atoms with Crippen molar-refractivity contribution >= 4 is 45.0 Å². The summed E-state index contributed by atoms with van der Waals surface area (Å²) in [6.07, 6.45) is 8.47. The van der Waals surface area contributed by atoms with Gasteiger partial charge in [0.25, 0.3) is 0 Å². The highest BCUT2D eigenvalue weighted by Crippen LogP contribution is 2.35. The van der Waals surface area contributed by atoms with Crippen LogP contribution in [0.5, 0.6) is 0 Å². The lowest BCUT2D eigenvalue weighted by Gasteiger charge is -2.08. The largest absolute Gasteiger partial charge is 0.335 e. The van der Waals surface area contributed by atoms with Gasteiger partial charge in [0.15, 0.2) is 17.3 Å². The van der Waals surface area contributed by atoms with Gasteiger partial charge in [-0.15, -0.1) is 11.3 Å². The van der Waals surface area contributed by atoms with E-state index in [0.29, 0.717) is 40.4 Å². The number of hydrogen-bond acceptors (Lipinski definition) is 7. The number of amides is 1. The minimum atomic E-state index is -0.547. The van der Waals surface area contributed by atoms with E-state index in [-0.39, 0.29) is 17.0 Å². The van der Waals surface area contributed by atoms with Gasteiger partial charge in [-0.05, 0) is 30.0 Å². The first-order valence-electron chi connectivity index (χ1n) is 12.2. The molecule has 6 aromatic heterocycles. The van der Waals surface area contributed by atoms with Crippen LogP contribution in [-0.2, 0) is 11.8 Å². The van der Waals surface area contributed by atoms with E-state index in [0.717, 1.165) is 28.8 Å². The van der Waals surface area contributed by atoms with Gasteiger partial charge in [0.1, 0.15) is 11.4 Å². The Morgan fingerprint density at radius 2 is 2.08 bits per heavy atom. The van der Waals surface area contributed by atoms with Crippen LogP contribution in [0.2, 0.25) is 0 Å². The summed E-state index contributed by atoms with van der Waals surface area (Å²) in [4.78, 5) is 34.2. The summed E-state index contributed by atoms with van der Waals surface area (Å²) < 4.78 is 17.7. The summed E-state index contributed by atoms with van der Waals surface area (Å²) in [5.41, 5.74) is 4.16. The zero-order chi connectivity index (χ0) is 26.2. The number of rotatable bonds is 7. The molecule has 0 saturated heterocycles. The number of aryl methyl sites for hydroxylation is 1. The zero-order valence-electron chi connectivity index (χ0n) is 20.7. The highest BCUT2D eigenvalue weighted by molar-refractivity contribution is 7.13. The number of unbranched alkanes of at least 4 members (excludes halogenated alkanes) is 1. The quantitative estimate of drug-likeness (QED) is 0.265. The van der Waals surface area contributed by atoms with Gasteiger partial charge in [0, 0.05) is 41.9 Å². The molecular weight excluding hydrogens is 503 g/mol. The van der Waals surface area contributed by atoms with E-state index in [2.05, 4.69) is 35.3 Å². The van der Waals surface area contributed by atoms with Crippen LogP contribution in [0, 0.1) is 5.82 Å². The average molecular weight is 527 g/mol. The highest BCUT2D eigenvalue weighted by atomic mass is 32.1. The second kappa shape index (κ2) is 9.75. The fourth-order valence-electron chi connectivity index (χ4n) is 4.43. The van der Waals surface area contributed by atoms with Crippen molar-refractivity contribution < 1.29 is 9.18 Å². The van der Waals surface area contributed by atoms with Crippen LogP contribution >= 0.6 is 11.3 Å². The monoisotopic (exact) mass is 526 g/mol. The van der Waals surface area contributed by atoms with Gasteiger partial charge >= 0.3 is 0 Å². The molecule has 6 aromatic rings. The van der Waals surface area contributed by atoms with Gasteiger partial charge in [0.05, 0.1) is 34.5 Å². The third-order valence-corrected chi connectivity index (χ3v) is 7.19. The second-order valence-electron chi connectivity index (χ2n) is 8.89. The van der Waals surface area contributed by atoms with Crippen LogP contribution in [0.15, 0.2) is 54.4 Å². The SMILES string of the molecule is CCCCC(=O)Nc1cncc(-c2ncc3c(c(-c4nc5nccc(-c6cccs6)c5[nH]4)nn3C)c2F)c1. The summed E-state index contributed by atoms with van der Waals surface area (Å²) in [7, 11) is 1.73. The number of thiophene rings is 1. The molecule has 6 heterocycles. The molecule has 190 valence electrons. The topological polar surface area (TPSA) is 114 Å². The van der Waals surface area contributed by atoms with Crippen LogP contribution in [0.4, 0.5) is 10.1 Å². The van der Waals surface area contributed by atoms with E-state index in [9.17, 15) is 4.79 Å². The minimum Gasteiger partial charge on any atom is -0.335 e. The van der Waals surface area contributed by atoms with Crippen molar-refractivity contribution in [2.24, 2.45) is 7.05 Å². The maximum absolute atomic E-state index is 16.1. The number of H-pyrrole nitrogens is 1. The van der Waals surface area contributed by atoms with Gasteiger partial charge in [0.2, 0.25) is 5.91 Å². The molecule has 0 spiro atoms. The van der Waals surface area contributed by atoms with Crippen LogP contribution in [0.25, 0.3) is 55.3 Å². The van der Waals surface area contributed by atoms with Gasteiger partial charge in [-0.3, -0.25) is 19.4 Å². The second-order valence-corrected chi connectivity index (χ2v) is 9.83. The molecule has 1 amide bonds. The number of imidazole rings is 1. The Balaban J connectivity index is 1.44. The van der Waals surface area contributed by atoms with E-state index < -0.39 is 5.82 Å². The Morgan fingerprint density at radius 1 is 1.18 bits per heavy atom. The maximum atomic E-state index is 16.1. The van der Waals surface area contributed by atoms with E-state index in [1.54, 1.807) is 41.5 Å². The van der Waals surface area contributed by atoms with Crippen molar-refractivity contribution in [2.75, 3.05) is 5.32 Å². The Labute approximate surface area is 220 Å². The van der Waals surface area contributed by atoms with Crippen molar-refractivity contribution in [3.8, 4) is 33.2 Å². The number of pyridine rings is 3. The normalized spacial score (nSPS) is 11.4. The summed E-state index contributed by atoms with van der Waals surface area (Å²) >= 11 is 1.62. The van der Waals surface area contributed by atoms with E-state index in [1.165, 1.54) is 12.4 Å². The number of aromatic amines is 1. The lowest BCUT2D eigenvalue weighted by atomic mass is 10.1. The highest BCUT2D eigenvalue weighted by Gasteiger charge is 2.23. The summed E-state index contributed by atoms with van der Waals surface area (Å²) in [5, 5.41) is 9.69. The Morgan fingerprint density at radius 3 is 2.89 bits per heavy atom. The number of hydrogen-bond donors (Lipinski definition) is 2. The molecule has 0 atom stereocenters. The smallest absolute Gasteiger partial charge is 0.224 e. The fraction of sp³-hybridized carbons (Fsp3) is 0.185. The molecule has 0 aliphatic rings. The number of carbonyl (C=O) groups excluding carboxylic acids is 1.